The van der Waals surface area contributed by atoms with Gasteiger partial charge in [-0.05, 0) is 67.8 Å². The number of hydrogen-bond donors (Lipinski definition) is 0. The average molecular weight is 690 g/mol. The van der Waals surface area contributed by atoms with Gasteiger partial charge in [0.25, 0.3) is 0 Å². The van der Waals surface area contributed by atoms with Crippen LogP contribution in [0.3, 0.4) is 0 Å². The molecular weight excluding hydrogens is 655 g/mol. The molecule has 0 atom stereocenters. The molecule has 0 aliphatic carbocycles. The van der Waals surface area contributed by atoms with Gasteiger partial charge in [0.1, 0.15) is 0 Å². The van der Waals surface area contributed by atoms with Crippen LogP contribution in [0, 0.1) is 0 Å². The molecule has 0 spiro atoms. The highest BCUT2D eigenvalue weighted by Crippen LogP contribution is 2.41. The van der Waals surface area contributed by atoms with E-state index < -0.39 is 0 Å². The summed E-state index contributed by atoms with van der Waals surface area (Å²) in [6.45, 7) is 0. The van der Waals surface area contributed by atoms with Crippen molar-refractivity contribution in [2.45, 2.75) is 0 Å². The maximum atomic E-state index is 5.30. The second-order valence-electron chi connectivity index (χ2n) is 13.2. The standard InChI is InChI=1S/C51H35N3/c1-5-18-36(19-6-1)40-26-17-27-42(34-40)49-52-50(46-30-15-13-28-43(46)38-22-9-3-10-23-38)54-51(53-49)47-31-16-14-29-44(47)45-33-32-41(37-20-7-2-8-21-37)35-48(45)39-24-11-4-12-25-39/h1-35H. The van der Waals surface area contributed by atoms with Crippen molar-refractivity contribution >= 4 is 0 Å². The lowest BCUT2D eigenvalue weighted by Gasteiger charge is -2.17. The van der Waals surface area contributed by atoms with E-state index in [1.165, 1.54) is 5.56 Å². The average Bonchev–Trinajstić information content (AvgIpc) is 3.27. The maximum Gasteiger partial charge on any atom is 0.164 e. The highest BCUT2D eigenvalue weighted by molar-refractivity contribution is 5.93. The molecule has 0 bridgehead atoms. The second kappa shape index (κ2) is 14.8. The first-order valence-electron chi connectivity index (χ1n) is 18.2. The topological polar surface area (TPSA) is 38.7 Å². The third-order valence-corrected chi connectivity index (χ3v) is 9.79. The molecule has 9 rings (SSSR count). The van der Waals surface area contributed by atoms with Gasteiger partial charge in [-0.2, -0.15) is 0 Å². The van der Waals surface area contributed by atoms with E-state index in [0.717, 1.165) is 66.8 Å². The van der Waals surface area contributed by atoms with E-state index in [2.05, 4.69) is 200 Å². The summed E-state index contributed by atoms with van der Waals surface area (Å²) in [6.07, 6.45) is 0. The molecule has 0 amide bonds. The molecule has 0 N–H and O–H groups in total. The van der Waals surface area contributed by atoms with Crippen molar-refractivity contribution in [3.63, 3.8) is 0 Å². The summed E-state index contributed by atoms with van der Waals surface area (Å²) in [5.74, 6) is 1.86. The Hall–Kier alpha value is -7.23. The van der Waals surface area contributed by atoms with Crippen molar-refractivity contribution in [3.05, 3.63) is 212 Å². The number of nitrogens with zero attached hydrogens (tertiary/aromatic N) is 3. The summed E-state index contributed by atoms with van der Waals surface area (Å²) in [7, 11) is 0. The van der Waals surface area contributed by atoms with Crippen molar-refractivity contribution in [3.8, 4) is 89.8 Å². The van der Waals surface area contributed by atoms with Crippen LogP contribution in [-0.2, 0) is 0 Å². The van der Waals surface area contributed by atoms with E-state index in [0.29, 0.717) is 17.5 Å². The predicted octanol–water partition coefficient (Wildman–Crippen LogP) is 13.2. The van der Waals surface area contributed by atoms with E-state index >= 15 is 0 Å². The molecule has 0 unspecified atom stereocenters. The third-order valence-electron chi connectivity index (χ3n) is 9.79. The van der Waals surface area contributed by atoms with Gasteiger partial charge in [-0.25, -0.2) is 15.0 Å². The van der Waals surface area contributed by atoms with Crippen molar-refractivity contribution in [2.24, 2.45) is 0 Å². The van der Waals surface area contributed by atoms with Gasteiger partial charge in [0.05, 0.1) is 0 Å². The molecule has 3 nitrogen and oxygen atoms in total. The van der Waals surface area contributed by atoms with Crippen LogP contribution in [0.5, 0.6) is 0 Å². The van der Waals surface area contributed by atoms with Crippen LogP contribution in [0.25, 0.3) is 89.8 Å². The molecule has 1 aromatic heterocycles. The zero-order chi connectivity index (χ0) is 36.1. The van der Waals surface area contributed by atoms with Crippen LogP contribution < -0.4 is 0 Å². The first kappa shape index (κ1) is 32.7. The molecule has 0 aliphatic rings. The lowest BCUT2D eigenvalue weighted by Crippen LogP contribution is -2.02. The summed E-state index contributed by atoms with van der Waals surface area (Å²) in [5, 5.41) is 0. The molecule has 0 aliphatic heterocycles. The van der Waals surface area contributed by atoms with Crippen LogP contribution in [0.1, 0.15) is 0 Å². The highest BCUT2D eigenvalue weighted by atomic mass is 15.0. The summed E-state index contributed by atoms with van der Waals surface area (Å²) in [4.78, 5) is 15.8. The molecule has 54 heavy (non-hydrogen) atoms. The molecule has 1 heterocycles. The summed E-state index contributed by atoms with van der Waals surface area (Å²) >= 11 is 0. The Morgan fingerprint density at radius 2 is 0.556 bits per heavy atom. The van der Waals surface area contributed by atoms with Gasteiger partial charge < -0.3 is 0 Å². The Morgan fingerprint density at radius 1 is 0.185 bits per heavy atom. The monoisotopic (exact) mass is 689 g/mol. The lowest BCUT2D eigenvalue weighted by atomic mass is 9.89. The molecule has 0 saturated heterocycles. The van der Waals surface area contributed by atoms with Gasteiger partial charge in [-0.3, -0.25) is 0 Å². The Kier molecular flexibility index (Phi) is 8.94. The van der Waals surface area contributed by atoms with Crippen LogP contribution >= 0.6 is 0 Å². The number of rotatable bonds is 8. The SMILES string of the molecule is c1ccc(-c2cccc(-c3nc(-c4ccccc4-c4ccccc4)nc(-c4ccccc4-c4ccc(-c5ccccc5)cc4-c4ccccc4)n3)c2)cc1. The first-order valence-corrected chi connectivity index (χ1v) is 18.2. The van der Waals surface area contributed by atoms with Crippen LogP contribution in [0.15, 0.2) is 212 Å². The number of benzene rings is 8. The quantitative estimate of drug-likeness (QED) is 0.159. The highest BCUT2D eigenvalue weighted by Gasteiger charge is 2.20. The largest absolute Gasteiger partial charge is 0.208 e. The molecule has 8 aromatic carbocycles. The van der Waals surface area contributed by atoms with Gasteiger partial charge in [0.2, 0.25) is 0 Å². The van der Waals surface area contributed by atoms with Crippen molar-refractivity contribution in [1.29, 1.82) is 0 Å². The second-order valence-corrected chi connectivity index (χ2v) is 13.2. The van der Waals surface area contributed by atoms with Crippen molar-refractivity contribution in [1.82, 2.24) is 15.0 Å². The summed E-state index contributed by atoms with van der Waals surface area (Å²) in [6, 6.07) is 74.0. The van der Waals surface area contributed by atoms with Crippen molar-refractivity contribution in [2.75, 3.05) is 0 Å². The fourth-order valence-corrected chi connectivity index (χ4v) is 7.12. The Labute approximate surface area is 316 Å². The van der Waals surface area contributed by atoms with Crippen molar-refractivity contribution < 1.29 is 0 Å². The van der Waals surface area contributed by atoms with E-state index in [1.807, 2.05) is 12.1 Å². The Balaban J connectivity index is 1.26. The fraction of sp³-hybridized carbons (Fsp3) is 0. The Morgan fingerprint density at radius 3 is 1.13 bits per heavy atom. The molecule has 3 heteroatoms. The van der Waals surface area contributed by atoms with Crippen LogP contribution in [0.2, 0.25) is 0 Å². The maximum absolute atomic E-state index is 5.30. The third kappa shape index (κ3) is 6.63. The van der Waals surface area contributed by atoms with Gasteiger partial charge >= 0.3 is 0 Å². The van der Waals surface area contributed by atoms with E-state index in [9.17, 15) is 0 Å². The summed E-state index contributed by atoms with van der Waals surface area (Å²) in [5.41, 5.74) is 14.0. The minimum atomic E-state index is 0.615. The smallest absolute Gasteiger partial charge is 0.164 e. The van der Waals surface area contributed by atoms with Gasteiger partial charge in [-0.15, -0.1) is 0 Å². The number of hydrogen-bond acceptors (Lipinski definition) is 3. The summed E-state index contributed by atoms with van der Waals surface area (Å²) < 4.78 is 0. The lowest BCUT2D eigenvalue weighted by molar-refractivity contribution is 1.07. The normalized spacial score (nSPS) is 11.0. The van der Waals surface area contributed by atoms with Gasteiger partial charge in [0, 0.05) is 16.7 Å². The van der Waals surface area contributed by atoms with Crippen LogP contribution in [0.4, 0.5) is 0 Å². The minimum absolute atomic E-state index is 0.615. The van der Waals surface area contributed by atoms with E-state index in [4.69, 9.17) is 15.0 Å². The molecular formula is C51H35N3. The number of aromatic nitrogens is 3. The fourth-order valence-electron chi connectivity index (χ4n) is 7.12. The zero-order valence-corrected chi connectivity index (χ0v) is 29.5. The van der Waals surface area contributed by atoms with E-state index in [-0.39, 0.29) is 0 Å². The molecule has 0 fully saturated rings. The molecule has 9 aromatic rings. The van der Waals surface area contributed by atoms with Crippen LogP contribution in [-0.4, -0.2) is 15.0 Å². The first-order chi connectivity index (χ1) is 26.8. The minimum Gasteiger partial charge on any atom is -0.208 e. The predicted molar refractivity (Wildman–Crippen MR) is 223 cm³/mol. The Bertz CT molecular complexity index is 2690. The molecule has 0 saturated carbocycles. The molecule has 254 valence electrons. The molecule has 0 radical (unpaired) electrons. The van der Waals surface area contributed by atoms with E-state index in [1.54, 1.807) is 0 Å². The van der Waals surface area contributed by atoms with Gasteiger partial charge in [-0.1, -0.05) is 200 Å². The zero-order valence-electron chi connectivity index (χ0n) is 29.5. The van der Waals surface area contributed by atoms with Gasteiger partial charge in [0.15, 0.2) is 17.5 Å².